The van der Waals surface area contributed by atoms with Crippen LogP contribution in [0.1, 0.15) is 51.4 Å². The van der Waals surface area contributed by atoms with Crippen LogP contribution in [0.25, 0.3) is 0 Å². The molecule has 4 saturated carbocycles. The van der Waals surface area contributed by atoms with Crippen molar-refractivity contribution in [1.82, 2.24) is 0 Å². The topological polar surface area (TPSA) is 26.0 Å². The molecule has 1 nitrogen and oxygen atoms in total. The third-order valence-electron chi connectivity index (χ3n) is 6.03. The second-order valence-corrected chi connectivity index (χ2v) is 6.22. The molecule has 3 unspecified atom stereocenters. The number of hydrogen-bond acceptors (Lipinski definition) is 1. The van der Waals surface area contributed by atoms with Crippen molar-refractivity contribution >= 4 is 0 Å². The summed E-state index contributed by atoms with van der Waals surface area (Å²) in [5, 5.41) is 0. The Morgan fingerprint density at radius 2 is 2.00 bits per heavy atom. The van der Waals surface area contributed by atoms with Gasteiger partial charge in [-0.05, 0) is 55.3 Å². The highest BCUT2D eigenvalue weighted by Gasteiger charge is 2.82. The van der Waals surface area contributed by atoms with Crippen LogP contribution in [0.3, 0.4) is 0 Å². The number of rotatable bonds is 1. The lowest BCUT2D eigenvalue weighted by Crippen LogP contribution is -2.31. The maximum atomic E-state index is 6.48. The molecular weight excluding hydrogens is 158 g/mol. The van der Waals surface area contributed by atoms with Crippen LogP contribution in [0, 0.1) is 16.7 Å². The molecule has 0 amide bonds. The molecule has 0 aromatic carbocycles. The summed E-state index contributed by atoms with van der Waals surface area (Å²) in [6.45, 7) is 0. The van der Waals surface area contributed by atoms with Crippen LogP contribution in [0.2, 0.25) is 0 Å². The molecule has 2 N–H and O–H groups in total. The van der Waals surface area contributed by atoms with Crippen LogP contribution in [0.5, 0.6) is 0 Å². The van der Waals surface area contributed by atoms with Crippen molar-refractivity contribution in [2.24, 2.45) is 22.5 Å². The molecule has 0 heterocycles. The first-order valence-electron chi connectivity index (χ1n) is 6.02. The Hall–Kier alpha value is -0.0400. The van der Waals surface area contributed by atoms with Gasteiger partial charge in [0.25, 0.3) is 0 Å². The van der Waals surface area contributed by atoms with Crippen LogP contribution in [-0.4, -0.2) is 5.54 Å². The number of hydrogen-bond donors (Lipinski definition) is 1. The highest BCUT2D eigenvalue weighted by atomic mass is 15.0. The first kappa shape index (κ1) is 7.28. The molecule has 1 heteroatoms. The normalized spacial score (nSPS) is 67.6. The molecule has 0 bridgehead atoms. The summed E-state index contributed by atoms with van der Waals surface area (Å²) in [6.07, 6.45) is 11.7. The second-order valence-electron chi connectivity index (χ2n) is 6.22. The molecule has 13 heavy (non-hydrogen) atoms. The Labute approximate surface area is 80.1 Å². The van der Waals surface area contributed by atoms with E-state index in [2.05, 4.69) is 0 Å². The van der Waals surface area contributed by atoms with Crippen LogP contribution in [0.15, 0.2) is 0 Å². The van der Waals surface area contributed by atoms with Gasteiger partial charge in [0.15, 0.2) is 0 Å². The predicted octanol–water partition coefficient (Wildman–Crippen LogP) is 2.45. The molecule has 72 valence electrons. The van der Waals surface area contributed by atoms with E-state index in [1.165, 1.54) is 44.9 Å². The molecule has 0 aromatic rings. The van der Waals surface area contributed by atoms with Gasteiger partial charge in [0.1, 0.15) is 0 Å². The minimum Gasteiger partial charge on any atom is -0.325 e. The Kier molecular flexibility index (Phi) is 0.959. The van der Waals surface area contributed by atoms with Gasteiger partial charge in [0, 0.05) is 5.54 Å². The first-order valence-corrected chi connectivity index (χ1v) is 6.02. The van der Waals surface area contributed by atoms with Gasteiger partial charge in [-0.25, -0.2) is 0 Å². The van der Waals surface area contributed by atoms with Crippen LogP contribution in [0.4, 0.5) is 0 Å². The van der Waals surface area contributed by atoms with E-state index in [0.717, 1.165) is 11.3 Å². The monoisotopic (exact) mass is 177 g/mol. The minimum absolute atomic E-state index is 0.325. The summed E-state index contributed by atoms with van der Waals surface area (Å²) >= 11 is 0. The van der Waals surface area contributed by atoms with E-state index in [-0.39, 0.29) is 0 Å². The lowest BCUT2D eigenvalue weighted by Gasteiger charge is -2.25. The summed E-state index contributed by atoms with van der Waals surface area (Å²) < 4.78 is 0. The van der Waals surface area contributed by atoms with Gasteiger partial charge in [0.2, 0.25) is 0 Å². The molecular formula is C12H19N. The van der Waals surface area contributed by atoms with E-state index < -0.39 is 0 Å². The van der Waals surface area contributed by atoms with E-state index in [1.807, 2.05) is 0 Å². The maximum Gasteiger partial charge on any atom is 0.0223 e. The Morgan fingerprint density at radius 1 is 1.08 bits per heavy atom. The van der Waals surface area contributed by atoms with Crippen molar-refractivity contribution in [1.29, 1.82) is 0 Å². The molecule has 4 aliphatic rings. The maximum absolute atomic E-state index is 6.48. The zero-order chi connectivity index (χ0) is 8.73. The Morgan fingerprint density at radius 3 is 2.46 bits per heavy atom. The third-order valence-corrected chi connectivity index (χ3v) is 6.03. The SMILES string of the molecule is NC12CCCC1([C@]13CCCC1C3)C2. The standard InChI is InChI=1S/C12H19N/c13-12-6-2-5-11(12,8-12)10-4-1-3-9(10)7-10/h9H,1-8,13H2/t9?,10-,11?,12?/m0/s1. The Balaban J connectivity index is 1.76. The average Bonchev–Trinajstić information content (AvgIpc) is 2.86. The molecule has 4 rings (SSSR count). The van der Waals surface area contributed by atoms with E-state index in [4.69, 9.17) is 5.73 Å². The summed E-state index contributed by atoms with van der Waals surface area (Å²) in [4.78, 5) is 0. The van der Waals surface area contributed by atoms with Crippen molar-refractivity contribution in [3.63, 3.8) is 0 Å². The minimum atomic E-state index is 0.325. The van der Waals surface area contributed by atoms with E-state index in [1.54, 1.807) is 6.42 Å². The van der Waals surface area contributed by atoms with Crippen molar-refractivity contribution in [2.75, 3.05) is 0 Å². The zero-order valence-electron chi connectivity index (χ0n) is 8.31. The van der Waals surface area contributed by atoms with E-state index in [0.29, 0.717) is 11.0 Å². The molecule has 0 aromatic heterocycles. The van der Waals surface area contributed by atoms with Gasteiger partial charge < -0.3 is 5.73 Å². The van der Waals surface area contributed by atoms with Gasteiger partial charge in [-0.15, -0.1) is 0 Å². The van der Waals surface area contributed by atoms with Gasteiger partial charge in [-0.3, -0.25) is 0 Å². The lowest BCUT2D eigenvalue weighted by molar-refractivity contribution is 0.244. The van der Waals surface area contributed by atoms with E-state index >= 15 is 0 Å². The van der Waals surface area contributed by atoms with Crippen molar-refractivity contribution in [3.05, 3.63) is 0 Å². The van der Waals surface area contributed by atoms with Gasteiger partial charge in [-0.1, -0.05) is 12.8 Å². The van der Waals surface area contributed by atoms with Crippen LogP contribution in [-0.2, 0) is 0 Å². The summed E-state index contributed by atoms with van der Waals surface area (Å²) in [5.41, 5.74) is 8.26. The largest absolute Gasteiger partial charge is 0.325 e. The molecule has 4 fully saturated rings. The lowest BCUT2D eigenvalue weighted by atomic mass is 9.80. The van der Waals surface area contributed by atoms with Gasteiger partial charge in [0.05, 0.1) is 0 Å². The summed E-state index contributed by atoms with van der Waals surface area (Å²) in [7, 11) is 0. The smallest absolute Gasteiger partial charge is 0.0223 e. The summed E-state index contributed by atoms with van der Waals surface area (Å²) in [6, 6.07) is 0. The fourth-order valence-corrected chi connectivity index (χ4v) is 5.34. The second kappa shape index (κ2) is 1.71. The molecule has 0 radical (unpaired) electrons. The molecule has 0 saturated heterocycles. The van der Waals surface area contributed by atoms with Crippen molar-refractivity contribution in [3.8, 4) is 0 Å². The molecule has 0 spiro atoms. The van der Waals surface area contributed by atoms with Crippen LogP contribution >= 0.6 is 0 Å². The zero-order valence-corrected chi connectivity index (χ0v) is 8.31. The molecule has 4 atom stereocenters. The van der Waals surface area contributed by atoms with Gasteiger partial charge in [-0.2, -0.15) is 0 Å². The van der Waals surface area contributed by atoms with E-state index in [9.17, 15) is 0 Å². The fraction of sp³-hybridized carbons (Fsp3) is 1.00. The van der Waals surface area contributed by atoms with Crippen molar-refractivity contribution < 1.29 is 0 Å². The van der Waals surface area contributed by atoms with Crippen molar-refractivity contribution in [2.45, 2.75) is 56.9 Å². The quantitative estimate of drug-likeness (QED) is 0.654. The van der Waals surface area contributed by atoms with Crippen LogP contribution < -0.4 is 5.73 Å². The predicted molar refractivity (Wildman–Crippen MR) is 52.2 cm³/mol. The third kappa shape index (κ3) is 0.562. The molecule has 0 aliphatic heterocycles. The first-order chi connectivity index (χ1) is 6.23. The number of fused-ring (bicyclic) bond motifs is 3. The molecule has 4 aliphatic carbocycles. The fourth-order valence-electron chi connectivity index (χ4n) is 5.34. The summed E-state index contributed by atoms with van der Waals surface area (Å²) in [5.74, 6) is 1.11. The van der Waals surface area contributed by atoms with Gasteiger partial charge >= 0.3 is 0 Å². The highest BCUT2D eigenvalue weighted by molar-refractivity contribution is 5.34. The highest BCUT2D eigenvalue weighted by Crippen LogP contribution is 2.85. The Bertz CT molecular complexity index is 283. The average molecular weight is 177 g/mol. The number of nitrogens with two attached hydrogens (primary N) is 1.